The van der Waals surface area contributed by atoms with Crippen molar-refractivity contribution in [2.45, 2.75) is 32.6 Å². The molecule has 0 aliphatic heterocycles. The zero-order valence-electron chi connectivity index (χ0n) is 11.3. The van der Waals surface area contributed by atoms with Gasteiger partial charge in [-0.25, -0.2) is 4.98 Å². The Hall–Kier alpha value is -2.17. The molecule has 0 fully saturated rings. The SMILES string of the molecule is Cc1[nH]c(C(C)(C)CC(=O)O)nc1-c1ccncc1. The van der Waals surface area contributed by atoms with Gasteiger partial charge in [0.2, 0.25) is 0 Å². The molecule has 100 valence electrons. The van der Waals surface area contributed by atoms with Crippen LogP contribution in [-0.4, -0.2) is 26.0 Å². The summed E-state index contributed by atoms with van der Waals surface area (Å²) in [5, 5.41) is 8.95. The molecule has 2 aromatic heterocycles. The van der Waals surface area contributed by atoms with Crippen LogP contribution in [0.2, 0.25) is 0 Å². The Morgan fingerprint density at radius 3 is 2.58 bits per heavy atom. The summed E-state index contributed by atoms with van der Waals surface area (Å²) in [4.78, 5) is 22.6. The van der Waals surface area contributed by atoms with E-state index < -0.39 is 11.4 Å². The molecule has 0 atom stereocenters. The van der Waals surface area contributed by atoms with Gasteiger partial charge < -0.3 is 10.1 Å². The number of hydrogen-bond acceptors (Lipinski definition) is 3. The highest BCUT2D eigenvalue weighted by Crippen LogP contribution is 2.29. The van der Waals surface area contributed by atoms with Crippen molar-refractivity contribution in [1.82, 2.24) is 15.0 Å². The number of aromatic nitrogens is 3. The van der Waals surface area contributed by atoms with E-state index in [1.165, 1.54) is 0 Å². The van der Waals surface area contributed by atoms with Crippen LogP contribution in [0.3, 0.4) is 0 Å². The van der Waals surface area contributed by atoms with Gasteiger partial charge in [0.1, 0.15) is 5.82 Å². The van der Waals surface area contributed by atoms with Gasteiger partial charge >= 0.3 is 5.97 Å². The van der Waals surface area contributed by atoms with Crippen LogP contribution >= 0.6 is 0 Å². The Morgan fingerprint density at radius 1 is 1.37 bits per heavy atom. The number of nitrogens with one attached hydrogen (secondary N) is 1. The zero-order valence-corrected chi connectivity index (χ0v) is 11.3. The monoisotopic (exact) mass is 259 g/mol. The fraction of sp³-hybridized carbons (Fsp3) is 0.357. The second-order valence-electron chi connectivity index (χ2n) is 5.25. The maximum absolute atomic E-state index is 10.9. The van der Waals surface area contributed by atoms with E-state index in [4.69, 9.17) is 5.11 Å². The number of pyridine rings is 1. The minimum absolute atomic E-state index is 0.0374. The fourth-order valence-electron chi connectivity index (χ4n) is 2.03. The molecule has 2 aromatic rings. The number of carboxylic acids is 1. The number of nitrogens with zero attached hydrogens (tertiary/aromatic N) is 2. The molecule has 19 heavy (non-hydrogen) atoms. The van der Waals surface area contributed by atoms with Crippen LogP contribution in [-0.2, 0) is 10.2 Å². The summed E-state index contributed by atoms with van der Waals surface area (Å²) < 4.78 is 0. The first-order valence-electron chi connectivity index (χ1n) is 6.09. The van der Waals surface area contributed by atoms with Crippen LogP contribution in [0.5, 0.6) is 0 Å². The van der Waals surface area contributed by atoms with Gasteiger partial charge in [0, 0.05) is 29.1 Å². The smallest absolute Gasteiger partial charge is 0.304 e. The van der Waals surface area contributed by atoms with Gasteiger partial charge in [0.05, 0.1) is 12.1 Å². The highest BCUT2D eigenvalue weighted by molar-refractivity contribution is 5.69. The van der Waals surface area contributed by atoms with E-state index in [1.807, 2.05) is 32.9 Å². The van der Waals surface area contributed by atoms with Gasteiger partial charge in [-0.1, -0.05) is 13.8 Å². The average Bonchev–Trinajstić information content (AvgIpc) is 2.72. The van der Waals surface area contributed by atoms with Crippen LogP contribution in [0.25, 0.3) is 11.3 Å². The lowest BCUT2D eigenvalue weighted by Gasteiger charge is -2.19. The van der Waals surface area contributed by atoms with E-state index in [-0.39, 0.29) is 6.42 Å². The molecule has 0 aromatic carbocycles. The quantitative estimate of drug-likeness (QED) is 0.884. The standard InChI is InChI=1S/C14H17N3O2/c1-9-12(10-4-6-15-7-5-10)17-13(16-9)14(2,3)8-11(18)19/h4-7H,8H2,1-3H3,(H,16,17)(H,18,19). The first kappa shape index (κ1) is 13.3. The van der Waals surface area contributed by atoms with E-state index in [9.17, 15) is 4.79 Å². The highest BCUT2D eigenvalue weighted by atomic mass is 16.4. The van der Waals surface area contributed by atoms with Crippen molar-refractivity contribution in [3.05, 3.63) is 36.0 Å². The molecule has 2 heterocycles. The Morgan fingerprint density at radius 2 is 2.00 bits per heavy atom. The molecule has 2 N–H and O–H groups in total. The minimum atomic E-state index is -0.829. The summed E-state index contributed by atoms with van der Waals surface area (Å²) in [7, 11) is 0. The molecule has 0 aliphatic carbocycles. The molecule has 5 heteroatoms. The van der Waals surface area contributed by atoms with E-state index in [2.05, 4.69) is 15.0 Å². The topological polar surface area (TPSA) is 78.9 Å². The first-order chi connectivity index (χ1) is 8.90. The Kier molecular flexibility index (Phi) is 3.38. The number of rotatable bonds is 4. The number of aryl methyl sites for hydroxylation is 1. The highest BCUT2D eigenvalue weighted by Gasteiger charge is 2.28. The summed E-state index contributed by atoms with van der Waals surface area (Å²) in [6.45, 7) is 5.68. The molecule has 0 saturated carbocycles. The number of aromatic amines is 1. The molecule has 0 aliphatic rings. The predicted molar refractivity (Wildman–Crippen MR) is 71.8 cm³/mol. The molecule has 2 rings (SSSR count). The molecule has 0 saturated heterocycles. The molecule has 0 radical (unpaired) electrons. The Balaban J connectivity index is 2.39. The van der Waals surface area contributed by atoms with Crippen LogP contribution in [0.4, 0.5) is 0 Å². The van der Waals surface area contributed by atoms with Crippen molar-refractivity contribution < 1.29 is 9.90 Å². The number of hydrogen-bond donors (Lipinski definition) is 2. The van der Waals surface area contributed by atoms with E-state index in [1.54, 1.807) is 12.4 Å². The van der Waals surface area contributed by atoms with Gasteiger partial charge in [0.25, 0.3) is 0 Å². The predicted octanol–water partition coefficient (Wildman–Crippen LogP) is 2.53. The Labute approximate surface area is 111 Å². The lowest BCUT2D eigenvalue weighted by Crippen LogP contribution is -2.23. The van der Waals surface area contributed by atoms with Gasteiger partial charge in [-0.05, 0) is 19.1 Å². The third kappa shape index (κ3) is 2.81. The lowest BCUT2D eigenvalue weighted by atomic mass is 9.88. The maximum Gasteiger partial charge on any atom is 0.304 e. The van der Waals surface area contributed by atoms with Crippen molar-refractivity contribution in [2.24, 2.45) is 0 Å². The maximum atomic E-state index is 10.9. The molecule has 0 spiro atoms. The van der Waals surface area contributed by atoms with Crippen molar-refractivity contribution in [2.75, 3.05) is 0 Å². The second kappa shape index (κ2) is 4.84. The third-order valence-corrected chi connectivity index (χ3v) is 3.07. The van der Waals surface area contributed by atoms with Crippen molar-refractivity contribution >= 4 is 5.97 Å². The summed E-state index contributed by atoms with van der Waals surface area (Å²) >= 11 is 0. The lowest BCUT2D eigenvalue weighted by molar-refractivity contribution is -0.138. The van der Waals surface area contributed by atoms with E-state index >= 15 is 0 Å². The van der Waals surface area contributed by atoms with Gasteiger partial charge in [-0.2, -0.15) is 0 Å². The first-order valence-corrected chi connectivity index (χ1v) is 6.09. The fourth-order valence-corrected chi connectivity index (χ4v) is 2.03. The van der Waals surface area contributed by atoms with E-state index in [0.717, 1.165) is 17.0 Å². The molecule has 5 nitrogen and oxygen atoms in total. The second-order valence-corrected chi connectivity index (χ2v) is 5.25. The summed E-state index contributed by atoms with van der Waals surface area (Å²) in [5.41, 5.74) is 2.22. The van der Waals surface area contributed by atoms with Crippen LogP contribution in [0.15, 0.2) is 24.5 Å². The number of carbonyl (C=O) groups is 1. The number of aliphatic carboxylic acids is 1. The van der Waals surface area contributed by atoms with Crippen LogP contribution in [0, 0.1) is 6.92 Å². The van der Waals surface area contributed by atoms with Crippen molar-refractivity contribution in [3.63, 3.8) is 0 Å². The van der Waals surface area contributed by atoms with Crippen LogP contribution < -0.4 is 0 Å². The average molecular weight is 259 g/mol. The normalized spacial score (nSPS) is 11.5. The van der Waals surface area contributed by atoms with Crippen molar-refractivity contribution in [3.8, 4) is 11.3 Å². The largest absolute Gasteiger partial charge is 0.481 e. The number of imidazole rings is 1. The van der Waals surface area contributed by atoms with E-state index in [0.29, 0.717) is 5.82 Å². The van der Waals surface area contributed by atoms with Gasteiger partial charge in [-0.15, -0.1) is 0 Å². The van der Waals surface area contributed by atoms with Gasteiger partial charge in [0.15, 0.2) is 0 Å². The Bertz CT molecular complexity index is 588. The van der Waals surface area contributed by atoms with Crippen LogP contribution in [0.1, 0.15) is 31.8 Å². The summed E-state index contributed by atoms with van der Waals surface area (Å²) in [6.07, 6.45) is 3.47. The minimum Gasteiger partial charge on any atom is -0.481 e. The molecule has 0 bridgehead atoms. The zero-order chi connectivity index (χ0) is 14.0. The van der Waals surface area contributed by atoms with Gasteiger partial charge in [-0.3, -0.25) is 9.78 Å². The summed E-state index contributed by atoms with van der Waals surface area (Å²) in [5.74, 6) is -0.135. The number of H-pyrrole nitrogens is 1. The number of carboxylic acid groups (broad SMARTS) is 1. The molecule has 0 unspecified atom stereocenters. The third-order valence-electron chi connectivity index (χ3n) is 3.07. The molecular weight excluding hydrogens is 242 g/mol. The summed E-state index contributed by atoms with van der Waals surface area (Å²) in [6, 6.07) is 3.77. The molecule has 0 amide bonds. The molecular formula is C14H17N3O2. The van der Waals surface area contributed by atoms with Crippen molar-refractivity contribution in [1.29, 1.82) is 0 Å².